The molecule has 3 rings (SSSR count). The normalized spacial score (nSPS) is 10.7. The fourth-order valence-corrected chi connectivity index (χ4v) is 2.91. The number of nitrogens with one attached hydrogen (secondary N) is 1. The summed E-state index contributed by atoms with van der Waals surface area (Å²) in [6.45, 7) is 1.97. The fourth-order valence-electron chi connectivity index (χ4n) is 1.92. The Morgan fingerprint density at radius 1 is 1.20 bits per heavy atom. The lowest BCUT2D eigenvalue weighted by Gasteiger charge is -2.05. The van der Waals surface area contributed by atoms with Gasteiger partial charge in [-0.15, -0.1) is 11.3 Å². The zero-order valence-electron chi connectivity index (χ0n) is 10.7. The number of amides is 1. The van der Waals surface area contributed by atoms with Crippen LogP contribution in [0.5, 0.6) is 0 Å². The summed E-state index contributed by atoms with van der Waals surface area (Å²) in [7, 11) is 0. The maximum atomic E-state index is 12.1. The molecule has 5 heteroatoms. The molecular weight excluding hydrogens is 292 g/mol. The van der Waals surface area contributed by atoms with Gasteiger partial charge in [-0.2, -0.15) is 0 Å². The van der Waals surface area contributed by atoms with Gasteiger partial charge in [0.2, 0.25) is 0 Å². The lowest BCUT2D eigenvalue weighted by atomic mass is 10.2. The number of hydrogen-bond donors (Lipinski definition) is 1. The van der Waals surface area contributed by atoms with Gasteiger partial charge in [0.25, 0.3) is 5.91 Å². The minimum atomic E-state index is -0.151. The number of halogens is 1. The lowest BCUT2D eigenvalue weighted by Crippen LogP contribution is -2.11. The Bertz CT molecular complexity index is 780. The van der Waals surface area contributed by atoms with Gasteiger partial charge in [-0.3, -0.25) is 4.79 Å². The molecule has 2 aromatic carbocycles. The van der Waals surface area contributed by atoms with Crippen LogP contribution in [0.2, 0.25) is 5.02 Å². The van der Waals surface area contributed by atoms with Gasteiger partial charge in [0.1, 0.15) is 0 Å². The molecule has 20 heavy (non-hydrogen) atoms. The van der Waals surface area contributed by atoms with Crippen LogP contribution >= 0.6 is 22.9 Å². The minimum absolute atomic E-state index is 0.151. The van der Waals surface area contributed by atoms with Crippen LogP contribution in [0.25, 0.3) is 10.2 Å². The van der Waals surface area contributed by atoms with Crippen molar-refractivity contribution in [3.8, 4) is 0 Å². The van der Waals surface area contributed by atoms with Gasteiger partial charge in [0.15, 0.2) is 0 Å². The number of carbonyl (C=O) groups excluding carboxylic acids is 1. The largest absolute Gasteiger partial charge is 0.322 e. The zero-order valence-corrected chi connectivity index (χ0v) is 12.3. The first-order valence-electron chi connectivity index (χ1n) is 6.06. The SMILES string of the molecule is Cc1nc2ccc(NC(=O)c3ccc(Cl)cc3)cc2s1. The van der Waals surface area contributed by atoms with Crippen LogP contribution < -0.4 is 5.32 Å². The molecule has 0 aliphatic carbocycles. The second-order valence-electron chi connectivity index (χ2n) is 4.38. The first-order chi connectivity index (χ1) is 9.61. The number of carbonyl (C=O) groups is 1. The van der Waals surface area contributed by atoms with Crippen molar-refractivity contribution < 1.29 is 4.79 Å². The van der Waals surface area contributed by atoms with Gasteiger partial charge in [-0.1, -0.05) is 11.6 Å². The molecule has 0 saturated carbocycles. The smallest absolute Gasteiger partial charge is 0.255 e. The van der Waals surface area contributed by atoms with Crippen LogP contribution in [0, 0.1) is 6.92 Å². The number of aromatic nitrogens is 1. The van der Waals surface area contributed by atoms with E-state index in [1.807, 2.05) is 25.1 Å². The average Bonchev–Trinajstić information content (AvgIpc) is 2.78. The number of rotatable bonds is 2. The van der Waals surface area contributed by atoms with Crippen LogP contribution in [-0.2, 0) is 0 Å². The Labute approximate surface area is 125 Å². The molecule has 1 heterocycles. The Hall–Kier alpha value is -1.91. The van der Waals surface area contributed by atoms with Gasteiger partial charge >= 0.3 is 0 Å². The van der Waals surface area contributed by atoms with E-state index in [4.69, 9.17) is 11.6 Å². The molecule has 0 atom stereocenters. The Morgan fingerprint density at radius 2 is 1.95 bits per heavy atom. The molecule has 0 fully saturated rings. The third-order valence-electron chi connectivity index (χ3n) is 2.86. The van der Waals surface area contributed by atoms with E-state index in [1.165, 1.54) is 0 Å². The van der Waals surface area contributed by atoms with Gasteiger partial charge in [-0.05, 0) is 49.4 Å². The molecular formula is C15H11ClN2OS. The summed E-state index contributed by atoms with van der Waals surface area (Å²) in [4.78, 5) is 16.5. The maximum absolute atomic E-state index is 12.1. The topological polar surface area (TPSA) is 42.0 Å². The van der Waals surface area contributed by atoms with E-state index in [-0.39, 0.29) is 5.91 Å². The first kappa shape index (κ1) is 13.1. The van der Waals surface area contributed by atoms with Crippen LogP contribution in [0.3, 0.4) is 0 Å². The highest BCUT2D eigenvalue weighted by Crippen LogP contribution is 2.25. The third-order valence-corrected chi connectivity index (χ3v) is 4.05. The number of aryl methyl sites for hydroxylation is 1. The third kappa shape index (κ3) is 2.66. The van der Waals surface area contributed by atoms with E-state index in [0.717, 1.165) is 20.9 Å². The summed E-state index contributed by atoms with van der Waals surface area (Å²) in [5.41, 5.74) is 2.30. The monoisotopic (exact) mass is 302 g/mol. The van der Waals surface area contributed by atoms with Crippen molar-refractivity contribution in [2.24, 2.45) is 0 Å². The number of fused-ring (bicyclic) bond motifs is 1. The summed E-state index contributed by atoms with van der Waals surface area (Å²) in [5.74, 6) is -0.151. The molecule has 0 aliphatic rings. The van der Waals surface area contributed by atoms with Crippen LogP contribution in [0.15, 0.2) is 42.5 Å². The quantitative estimate of drug-likeness (QED) is 0.756. The summed E-state index contributed by atoms with van der Waals surface area (Å²) in [5, 5.41) is 4.50. The van der Waals surface area contributed by atoms with Crippen molar-refractivity contribution in [2.45, 2.75) is 6.92 Å². The number of nitrogens with zero attached hydrogens (tertiary/aromatic N) is 1. The van der Waals surface area contributed by atoms with E-state index in [0.29, 0.717) is 10.6 Å². The highest BCUT2D eigenvalue weighted by molar-refractivity contribution is 7.18. The van der Waals surface area contributed by atoms with E-state index in [9.17, 15) is 4.79 Å². The molecule has 0 spiro atoms. The van der Waals surface area contributed by atoms with Crippen molar-refractivity contribution >= 4 is 44.7 Å². The molecule has 0 saturated heterocycles. The van der Waals surface area contributed by atoms with E-state index < -0.39 is 0 Å². The number of hydrogen-bond acceptors (Lipinski definition) is 3. The average molecular weight is 303 g/mol. The predicted molar refractivity (Wildman–Crippen MR) is 83.8 cm³/mol. The zero-order chi connectivity index (χ0) is 14.1. The molecule has 0 aliphatic heterocycles. The molecule has 1 aromatic heterocycles. The van der Waals surface area contributed by atoms with E-state index in [1.54, 1.807) is 35.6 Å². The van der Waals surface area contributed by atoms with E-state index in [2.05, 4.69) is 10.3 Å². The summed E-state index contributed by atoms with van der Waals surface area (Å²) >= 11 is 7.42. The Kier molecular flexibility index (Phi) is 3.42. The summed E-state index contributed by atoms with van der Waals surface area (Å²) < 4.78 is 1.07. The van der Waals surface area contributed by atoms with Crippen LogP contribution in [0.1, 0.15) is 15.4 Å². The standard InChI is InChI=1S/C15H11ClN2OS/c1-9-17-13-7-6-12(8-14(13)20-9)18-15(19)10-2-4-11(16)5-3-10/h2-8H,1H3,(H,18,19). The highest BCUT2D eigenvalue weighted by atomic mass is 35.5. The Balaban J connectivity index is 1.84. The number of anilines is 1. The molecule has 3 nitrogen and oxygen atoms in total. The Morgan fingerprint density at radius 3 is 2.70 bits per heavy atom. The minimum Gasteiger partial charge on any atom is -0.322 e. The van der Waals surface area contributed by atoms with Crippen molar-refractivity contribution in [3.63, 3.8) is 0 Å². The van der Waals surface area contributed by atoms with Gasteiger partial charge < -0.3 is 5.32 Å². The summed E-state index contributed by atoms with van der Waals surface area (Å²) in [6, 6.07) is 12.5. The molecule has 0 unspecified atom stereocenters. The first-order valence-corrected chi connectivity index (χ1v) is 7.25. The maximum Gasteiger partial charge on any atom is 0.255 e. The molecule has 3 aromatic rings. The van der Waals surface area contributed by atoms with Gasteiger partial charge in [-0.25, -0.2) is 4.98 Å². The predicted octanol–water partition coefficient (Wildman–Crippen LogP) is 4.51. The summed E-state index contributed by atoms with van der Waals surface area (Å²) in [6.07, 6.45) is 0. The second kappa shape index (κ2) is 5.23. The molecule has 0 radical (unpaired) electrons. The van der Waals surface area contributed by atoms with Crippen molar-refractivity contribution in [3.05, 3.63) is 58.1 Å². The second-order valence-corrected chi connectivity index (χ2v) is 6.05. The lowest BCUT2D eigenvalue weighted by molar-refractivity contribution is 0.102. The van der Waals surface area contributed by atoms with Crippen LogP contribution in [0.4, 0.5) is 5.69 Å². The van der Waals surface area contributed by atoms with Crippen LogP contribution in [-0.4, -0.2) is 10.9 Å². The highest BCUT2D eigenvalue weighted by Gasteiger charge is 2.07. The van der Waals surface area contributed by atoms with Gasteiger partial charge in [0, 0.05) is 16.3 Å². The van der Waals surface area contributed by atoms with Crippen molar-refractivity contribution in [1.29, 1.82) is 0 Å². The number of benzene rings is 2. The van der Waals surface area contributed by atoms with Crippen molar-refractivity contribution in [2.75, 3.05) is 5.32 Å². The molecule has 100 valence electrons. The van der Waals surface area contributed by atoms with E-state index >= 15 is 0 Å². The molecule has 0 bridgehead atoms. The fraction of sp³-hybridized carbons (Fsp3) is 0.0667. The number of thiazole rings is 1. The molecule has 1 N–H and O–H groups in total. The molecule has 1 amide bonds. The van der Waals surface area contributed by atoms with Crippen molar-refractivity contribution in [1.82, 2.24) is 4.98 Å². The van der Waals surface area contributed by atoms with Gasteiger partial charge in [0.05, 0.1) is 15.2 Å².